The molecule has 0 saturated carbocycles. The van der Waals surface area contributed by atoms with Gasteiger partial charge in [-0.05, 0) is 18.0 Å². The van der Waals surface area contributed by atoms with Gasteiger partial charge in [0.2, 0.25) is 10.0 Å². The van der Waals surface area contributed by atoms with E-state index in [9.17, 15) is 8.42 Å². The Morgan fingerprint density at radius 2 is 2.24 bits per heavy atom. The fraction of sp³-hybridized carbons (Fsp3) is 0.500. The molecule has 116 valence electrons. The Morgan fingerprint density at radius 1 is 1.43 bits per heavy atom. The zero-order valence-electron chi connectivity index (χ0n) is 12.0. The Kier molecular flexibility index (Phi) is 5.45. The second-order valence-electron chi connectivity index (χ2n) is 4.47. The molecule has 2 aromatic rings. The second-order valence-corrected chi connectivity index (χ2v) is 7.21. The van der Waals surface area contributed by atoms with Crippen molar-refractivity contribution < 1.29 is 8.42 Å². The van der Waals surface area contributed by atoms with Gasteiger partial charge in [-0.1, -0.05) is 6.92 Å². The lowest BCUT2D eigenvalue weighted by Gasteiger charge is -2.07. The van der Waals surface area contributed by atoms with Crippen molar-refractivity contribution >= 4 is 21.4 Å². The van der Waals surface area contributed by atoms with Gasteiger partial charge in [0.05, 0.1) is 4.90 Å². The number of hydrogen-bond donors (Lipinski definition) is 2. The molecule has 21 heavy (non-hydrogen) atoms. The quantitative estimate of drug-likeness (QED) is 0.736. The van der Waals surface area contributed by atoms with Gasteiger partial charge in [-0.3, -0.25) is 4.68 Å². The van der Waals surface area contributed by atoms with Crippen LogP contribution in [0.3, 0.4) is 0 Å². The van der Waals surface area contributed by atoms with Gasteiger partial charge in [0.15, 0.2) is 5.82 Å². The minimum Gasteiger partial charge on any atom is -0.312 e. The van der Waals surface area contributed by atoms with Crippen LogP contribution in [0.5, 0.6) is 0 Å². The molecule has 2 rings (SSSR count). The number of aryl methyl sites for hydroxylation is 1. The number of thiophene rings is 1. The Bertz CT molecular complexity index is 677. The van der Waals surface area contributed by atoms with Crippen LogP contribution in [0.25, 0.3) is 0 Å². The SMILES string of the molecule is CCNCc1sccc1S(=O)(=O)NCCc1ncn(C)n1. The summed E-state index contributed by atoms with van der Waals surface area (Å²) in [4.78, 5) is 5.23. The Balaban J connectivity index is 1.96. The summed E-state index contributed by atoms with van der Waals surface area (Å²) < 4.78 is 28.8. The summed E-state index contributed by atoms with van der Waals surface area (Å²) in [6.07, 6.45) is 2.06. The van der Waals surface area contributed by atoms with Gasteiger partial charge >= 0.3 is 0 Å². The van der Waals surface area contributed by atoms with E-state index in [1.54, 1.807) is 29.5 Å². The van der Waals surface area contributed by atoms with Gasteiger partial charge < -0.3 is 5.32 Å². The number of aromatic nitrogens is 3. The van der Waals surface area contributed by atoms with Crippen molar-refractivity contribution in [1.82, 2.24) is 24.8 Å². The predicted octanol–water partition coefficient (Wildman–Crippen LogP) is 0.507. The first-order valence-corrected chi connectivity index (χ1v) is 9.00. The second kappa shape index (κ2) is 7.12. The topological polar surface area (TPSA) is 88.9 Å². The molecule has 0 atom stereocenters. The molecule has 0 aliphatic rings. The van der Waals surface area contributed by atoms with Crippen LogP contribution in [0.2, 0.25) is 0 Å². The summed E-state index contributed by atoms with van der Waals surface area (Å²) in [7, 11) is -1.71. The van der Waals surface area contributed by atoms with E-state index in [2.05, 4.69) is 20.1 Å². The fourth-order valence-electron chi connectivity index (χ4n) is 1.81. The fourth-order valence-corrected chi connectivity index (χ4v) is 4.25. The van der Waals surface area contributed by atoms with Crippen LogP contribution in [0, 0.1) is 0 Å². The summed E-state index contributed by atoms with van der Waals surface area (Å²) >= 11 is 1.44. The van der Waals surface area contributed by atoms with Gasteiger partial charge in [-0.2, -0.15) is 5.10 Å². The van der Waals surface area contributed by atoms with Gasteiger partial charge in [0.25, 0.3) is 0 Å². The molecule has 0 fully saturated rings. The highest BCUT2D eigenvalue weighted by Gasteiger charge is 2.19. The highest BCUT2D eigenvalue weighted by molar-refractivity contribution is 7.89. The van der Waals surface area contributed by atoms with E-state index in [0.29, 0.717) is 23.7 Å². The zero-order chi connectivity index (χ0) is 15.3. The van der Waals surface area contributed by atoms with Crippen molar-refractivity contribution in [2.75, 3.05) is 13.1 Å². The van der Waals surface area contributed by atoms with Crippen LogP contribution in [-0.4, -0.2) is 36.3 Å². The Morgan fingerprint density at radius 3 is 2.90 bits per heavy atom. The molecular formula is C12H19N5O2S2. The largest absolute Gasteiger partial charge is 0.312 e. The van der Waals surface area contributed by atoms with Crippen LogP contribution in [0.4, 0.5) is 0 Å². The third kappa shape index (κ3) is 4.34. The van der Waals surface area contributed by atoms with Crippen LogP contribution in [-0.2, 0) is 30.0 Å². The van der Waals surface area contributed by atoms with E-state index in [1.807, 2.05) is 6.92 Å². The van der Waals surface area contributed by atoms with Gasteiger partial charge in [-0.15, -0.1) is 11.3 Å². The maximum atomic E-state index is 12.3. The molecular weight excluding hydrogens is 310 g/mol. The van der Waals surface area contributed by atoms with E-state index in [0.717, 1.165) is 11.4 Å². The predicted molar refractivity (Wildman–Crippen MR) is 81.6 cm³/mol. The van der Waals surface area contributed by atoms with Gasteiger partial charge in [0.1, 0.15) is 6.33 Å². The molecule has 2 aromatic heterocycles. The minimum atomic E-state index is -3.48. The average molecular weight is 329 g/mol. The smallest absolute Gasteiger partial charge is 0.241 e. The molecule has 0 spiro atoms. The van der Waals surface area contributed by atoms with Crippen molar-refractivity contribution in [3.8, 4) is 0 Å². The Labute approximate surface area is 128 Å². The molecule has 0 unspecified atom stereocenters. The van der Waals surface area contributed by atoms with Crippen LogP contribution in [0.15, 0.2) is 22.7 Å². The maximum Gasteiger partial charge on any atom is 0.241 e. The third-order valence-corrected chi connectivity index (χ3v) is 5.41. The van der Waals surface area contributed by atoms with E-state index in [-0.39, 0.29) is 6.54 Å². The molecule has 0 aliphatic carbocycles. The molecule has 0 amide bonds. The van der Waals surface area contributed by atoms with Crippen LogP contribution in [0.1, 0.15) is 17.6 Å². The number of rotatable bonds is 8. The average Bonchev–Trinajstić information content (AvgIpc) is 3.05. The van der Waals surface area contributed by atoms with Crippen molar-refractivity contribution in [2.24, 2.45) is 7.05 Å². The molecule has 2 heterocycles. The molecule has 0 radical (unpaired) electrons. The first-order chi connectivity index (χ1) is 10.0. The van der Waals surface area contributed by atoms with E-state index >= 15 is 0 Å². The monoisotopic (exact) mass is 329 g/mol. The highest BCUT2D eigenvalue weighted by Crippen LogP contribution is 2.21. The summed E-state index contributed by atoms with van der Waals surface area (Å²) in [6.45, 7) is 3.63. The van der Waals surface area contributed by atoms with E-state index in [1.165, 1.54) is 11.3 Å². The Hall–Kier alpha value is -1.29. The van der Waals surface area contributed by atoms with Crippen molar-refractivity contribution in [2.45, 2.75) is 24.8 Å². The first kappa shape index (κ1) is 16.1. The van der Waals surface area contributed by atoms with Crippen LogP contribution < -0.4 is 10.0 Å². The summed E-state index contributed by atoms with van der Waals surface area (Å²) in [5.74, 6) is 0.624. The molecule has 7 nitrogen and oxygen atoms in total. The lowest BCUT2D eigenvalue weighted by Crippen LogP contribution is -2.27. The van der Waals surface area contributed by atoms with Crippen LogP contribution >= 0.6 is 11.3 Å². The summed E-state index contributed by atoms with van der Waals surface area (Å²) in [5, 5.41) is 9.05. The highest BCUT2D eigenvalue weighted by atomic mass is 32.2. The van der Waals surface area contributed by atoms with Crippen molar-refractivity contribution in [3.63, 3.8) is 0 Å². The van der Waals surface area contributed by atoms with Crippen molar-refractivity contribution in [3.05, 3.63) is 28.5 Å². The number of hydrogen-bond acceptors (Lipinski definition) is 6. The first-order valence-electron chi connectivity index (χ1n) is 6.64. The zero-order valence-corrected chi connectivity index (χ0v) is 13.7. The molecule has 0 aliphatic heterocycles. The van der Waals surface area contributed by atoms with Gasteiger partial charge in [-0.25, -0.2) is 18.1 Å². The number of sulfonamides is 1. The van der Waals surface area contributed by atoms with Crippen molar-refractivity contribution in [1.29, 1.82) is 0 Å². The summed E-state index contributed by atoms with van der Waals surface area (Å²) in [6, 6.07) is 1.64. The lowest BCUT2D eigenvalue weighted by atomic mass is 10.4. The maximum absolute atomic E-state index is 12.3. The van der Waals surface area contributed by atoms with Gasteiger partial charge in [0, 0.05) is 31.4 Å². The summed E-state index contributed by atoms with van der Waals surface area (Å²) in [5.41, 5.74) is 0. The molecule has 0 bridgehead atoms. The standard InChI is InChI=1S/C12H19N5O2S2/c1-3-13-8-10-11(5-7-20-10)21(18,19)15-6-4-12-14-9-17(2)16-12/h5,7,9,13,15H,3-4,6,8H2,1-2H3. The third-order valence-electron chi connectivity index (χ3n) is 2.82. The molecule has 0 saturated heterocycles. The number of nitrogens with zero attached hydrogens (tertiary/aromatic N) is 3. The normalized spacial score (nSPS) is 11.9. The number of nitrogens with one attached hydrogen (secondary N) is 2. The molecule has 0 aromatic carbocycles. The van der Waals surface area contributed by atoms with E-state index < -0.39 is 10.0 Å². The van der Waals surface area contributed by atoms with E-state index in [4.69, 9.17) is 0 Å². The molecule has 9 heteroatoms. The molecule has 2 N–H and O–H groups in total. The minimum absolute atomic E-state index is 0.281. The lowest BCUT2D eigenvalue weighted by molar-refractivity contribution is 0.579.